The fourth-order valence-corrected chi connectivity index (χ4v) is 3.24. The van der Waals surface area contributed by atoms with Crippen molar-refractivity contribution in [1.82, 2.24) is 29.5 Å². The van der Waals surface area contributed by atoms with E-state index in [0.29, 0.717) is 22.4 Å². The average molecular weight is 404 g/mol. The lowest BCUT2D eigenvalue weighted by Gasteiger charge is -2.31. The molecule has 12 heteroatoms. The Morgan fingerprint density at radius 2 is 2.00 bits per heavy atom. The second-order valence-corrected chi connectivity index (χ2v) is 7.35. The maximum absolute atomic E-state index is 13.5. The van der Waals surface area contributed by atoms with Crippen molar-refractivity contribution in [2.45, 2.75) is 37.6 Å². The summed E-state index contributed by atoms with van der Waals surface area (Å²) in [5.74, 6) is -2.66. The number of rotatable bonds is 3. The van der Waals surface area contributed by atoms with Crippen LogP contribution in [0.1, 0.15) is 31.4 Å². The molecule has 0 bridgehead atoms. The van der Waals surface area contributed by atoms with Crippen LogP contribution in [0.2, 0.25) is 0 Å². The van der Waals surface area contributed by atoms with E-state index in [0.717, 1.165) is 12.8 Å². The number of nitrogens with one attached hydrogen (secondary N) is 2. The average Bonchev–Trinajstić information content (AvgIpc) is 3.30. The summed E-state index contributed by atoms with van der Waals surface area (Å²) in [4.78, 5) is 31.4. The molecular weight excluding hydrogens is 386 g/mol. The smallest absolute Gasteiger partial charge is 0.326 e. The van der Waals surface area contributed by atoms with E-state index in [1.807, 2.05) is 0 Å². The topological polar surface area (TPSA) is 128 Å². The van der Waals surface area contributed by atoms with Gasteiger partial charge in [-0.1, -0.05) is 0 Å². The molecule has 10 nitrogen and oxygen atoms in total. The van der Waals surface area contributed by atoms with Crippen LogP contribution in [0.3, 0.4) is 0 Å². The van der Waals surface area contributed by atoms with Gasteiger partial charge in [0, 0.05) is 31.1 Å². The number of anilines is 1. The highest BCUT2D eigenvalue weighted by Gasteiger charge is 2.35. The fourth-order valence-electron chi connectivity index (χ4n) is 3.24. The lowest BCUT2D eigenvalue weighted by Crippen LogP contribution is -2.41. The second kappa shape index (κ2) is 6.36. The number of aromatic hydroxyl groups is 1. The van der Waals surface area contributed by atoms with Crippen molar-refractivity contribution < 1.29 is 13.9 Å². The first-order valence-corrected chi connectivity index (χ1v) is 9.33. The van der Waals surface area contributed by atoms with Gasteiger partial charge in [-0.2, -0.15) is 19.6 Å². The summed E-state index contributed by atoms with van der Waals surface area (Å²) < 4.78 is 28.6. The minimum Gasteiger partial charge on any atom is -0.493 e. The third kappa shape index (κ3) is 3.45. The second-order valence-electron chi connectivity index (χ2n) is 7.35. The van der Waals surface area contributed by atoms with Gasteiger partial charge >= 0.3 is 5.69 Å². The number of nitrogens with zero attached hydrogens (tertiary/aromatic N) is 6. The van der Waals surface area contributed by atoms with Crippen molar-refractivity contribution in [1.29, 1.82) is 0 Å². The third-order valence-corrected chi connectivity index (χ3v) is 5.02. The minimum atomic E-state index is -2.67. The standard InChI is InChI=1S/C17H18F2N8O2/c18-17(19)3-5-26(6-4-17)14-23-12-9(7-11-13(28)24-16(29)22-11)8-20-27(12)15(25-14)21-10-1-2-10/h7-8,10,28H,1-6H2,(H2,22,24,29)/b9-7+,21-15?. The summed E-state index contributed by atoms with van der Waals surface area (Å²) in [6.45, 7) is 0.288. The molecule has 3 aromatic rings. The van der Waals surface area contributed by atoms with Crippen molar-refractivity contribution in [2.24, 2.45) is 4.99 Å². The molecule has 1 aliphatic heterocycles. The molecule has 0 aromatic carbocycles. The van der Waals surface area contributed by atoms with Gasteiger partial charge in [0.25, 0.3) is 11.5 Å². The zero-order chi connectivity index (χ0) is 20.2. The highest BCUT2D eigenvalue weighted by atomic mass is 19.3. The number of alkyl halides is 2. The van der Waals surface area contributed by atoms with E-state index in [2.05, 4.69) is 30.0 Å². The van der Waals surface area contributed by atoms with Gasteiger partial charge in [0.2, 0.25) is 11.8 Å². The van der Waals surface area contributed by atoms with Crippen LogP contribution in [0.15, 0.2) is 16.0 Å². The molecule has 5 rings (SSSR count). The number of imidazole rings is 1. The SMILES string of the molecule is O=c1[nH]c(O)c(/C=c2\cnn3c(=NC4CC4)nc(N4CCC(F)(F)CC4)nc23)[nH]1. The molecule has 1 aliphatic carbocycles. The van der Waals surface area contributed by atoms with Gasteiger partial charge in [0.15, 0.2) is 5.65 Å². The van der Waals surface area contributed by atoms with Crippen LogP contribution in [0, 0.1) is 0 Å². The van der Waals surface area contributed by atoms with Crippen molar-refractivity contribution in [3.63, 3.8) is 0 Å². The van der Waals surface area contributed by atoms with Crippen molar-refractivity contribution >= 4 is 17.7 Å². The van der Waals surface area contributed by atoms with Crippen LogP contribution >= 0.6 is 0 Å². The van der Waals surface area contributed by atoms with Gasteiger partial charge in [-0.25, -0.2) is 18.6 Å². The predicted molar refractivity (Wildman–Crippen MR) is 97.6 cm³/mol. The van der Waals surface area contributed by atoms with E-state index in [9.17, 15) is 18.7 Å². The Kier molecular flexibility index (Phi) is 3.89. The Bertz CT molecular complexity index is 1250. The number of halogens is 2. The number of aromatic amines is 2. The molecule has 0 spiro atoms. The lowest BCUT2D eigenvalue weighted by molar-refractivity contribution is -0.0222. The monoisotopic (exact) mass is 404 g/mol. The number of hydrogen-bond donors (Lipinski definition) is 3. The molecule has 0 atom stereocenters. The number of aromatic nitrogens is 6. The summed E-state index contributed by atoms with van der Waals surface area (Å²) in [7, 11) is 0. The molecule has 0 unspecified atom stereocenters. The molecule has 152 valence electrons. The van der Waals surface area contributed by atoms with Gasteiger partial charge in [-0.05, 0) is 18.9 Å². The Labute approximate surface area is 161 Å². The number of piperidine rings is 1. The molecule has 3 N–H and O–H groups in total. The van der Waals surface area contributed by atoms with E-state index < -0.39 is 11.6 Å². The summed E-state index contributed by atoms with van der Waals surface area (Å²) in [5, 5.41) is 14.6. The maximum Gasteiger partial charge on any atom is 0.326 e. The largest absolute Gasteiger partial charge is 0.493 e. The van der Waals surface area contributed by atoms with Crippen molar-refractivity contribution in [2.75, 3.05) is 18.0 Å². The van der Waals surface area contributed by atoms with E-state index in [1.165, 1.54) is 16.8 Å². The zero-order valence-electron chi connectivity index (χ0n) is 15.3. The summed E-state index contributed by atoms with van der Waals surface area (Å²) >= 11 is 0. The molecule has 2 aliphatic rings. The highest BCUT2D eigenvalue weighted by molar-refractivity contribution is 5.57. The molecule has 1 saturated heterocycles. The predicted octanol–water partition coefficient (Wildman–Crippen LogP) is -0.307. The van der Waals surface area contributed by atoms with E-state index in [-0.39, 0.29) is 43.5 Å². The van der Waals surface area contributed by atoms with E-state index in [4.69, 9.17) is 0 Å². The Balaban J connectivity index is 1.65. The molecule has 1 saturated carbocycles. The van der Waals surface area contributed by atoms with Crippen molar-refractivity contribution in [3.8, 4) is 5.88 Å². The fraction of sp³-hybridized carbons (Fsp3) is 0.471. The first-order valence-electron chi connectivity index (χ1n) is 9.33. The molecule has 0 amide bonds. The summed E-state index contributed by atoms with van der Waals surface area (Å²) in [5.41, 5.74) is 0.409. The Morgan fingerprint density at radius 3 is 2.66 bits per heavy atom. The van der Waals surface area contributed by atoms with Crippen LogP contribution in [-0.4, -0.2) is 59.7 Å². The molecule has 29 heavy (non-hydrogen) atoms. The summed E-state index contributed by atoms with van der Waals surface area (Å²) in [6, 6.07) is 0.174. The maximum atomic E-state index is 13.5. The Hall–Kier alpha value is -3.31. The molecule has 0 radical (unpaired) electrons. The van der Waals surface area contributed by atoms with Crippen LogP contribution in [0.25, 0.3) is 11.7 Å². The van der Waals surface area contributed by atoms with Crippen molar-refractivity contribution in [3.05, 3.63) is 33.2 Å². The highest BCUT2D eigenvalue weighted by Crippen LogP contribution is 2.29. The zero-order valence-corrected chi connectivity index (χ0v) is 15.3. The number of hydrogen-bond acceptors (Lipinski definition) is 7. The molecular formula is C17H18F2N8O2. The molecule has 3 aromatic heterocycles. The van der Waals surface area contributed by atoms with Crippen LogP contribution in [-0.2, 0) is 0 Å². The van der Waals surface area contributed by atoms with Gasteiger partial charge in [-0.15, -0.1) is 0 Å². The normalized spacial score (nSPS) is 20.7. The van der Waals surface area contributed by atoms with Crippen LogP contribution < -0.4 is 21.4 Å². The van der Waals surface area contributed by atoms with E-state index >= 15 is 0 Å². The van der Waals surface area contributed by atoms with Crippen LogP contribution in [0.5, 0.6) is 5.88 Å². The number of fused-ring (bicyclic) bond motifs is 1. The van der Waals surface area contributed by atoms with Gasteiger partial charge in [0.1, 0.15) is 5.69 Å². The summed E-state index contributed by atoms with van der Waals surface area (Å²) in [6.07, 6.45) is 4.47. The van der Waals surface area contributed by atoms with Gasteiger partial charge < -0.3 is 15.0 Å². The quantitative estimate of drug-likeness (QED) is 0.550. The Morgan fingerprint density at radius 1 is 1.24 bits per heavy atom. The first-order chi connectivity index (χ1) is 13.9. The first kappa shape index (κ1) is 17.8. The van der Waals surface area contributed by atoms with Crippen LogP contribution in [0.4, 0.5) is 14.7 Å². The van der Waals surface area contributed by atoms with E-state index in [1.54, 1.807) is 4.90 Å². The third-order valence-electron chi connectivity index (χ3n) is 5.02. The van der Waals surface area contributed by atoms with Gasteiger partial charge in [0.05, 0.1) is 12.2 Å². The minimum absolute atomic E-state index is 0.144. The van der Waals surface area contributed by atoms with Gasteiger partial charge in [-0.3, -0.25) is 4.98 Å². The molecule has 4 heterocycles. The number of H-pyrrole nitrogens is 2. The lowest BCUT2D eigenvalue weighted by atomic mass is 10.1. The molecule has 2 fully saturated rings.